The van der Waals surface area contributed by atoms with Crippen LogP contribution in [0.1, 0.15) is 65.2 Å². The first-order chi connectivity index (χ1) is 17.6. The van der Waals surface area contributed by atoms with Crippen molar-refractivity contribution in [2.75, 3.05) is 18.0 Å². The van der Waals surface area contributed by atoms with Crippen molar-refractivity contribution in [1.82, 2.24) is 10.2 Å². The van der Waals surface area contributed by atoms with Crippen LogP contribution in [-0.4, -0.2) is 23.3 Å². The predicted molar refractivity (Wildman–Crippen MR) is 154 cm³/mol. The lowest BCUT2D eigenvalue weighted by molar-refractivity contribution is 0.609. The molecule has 0 radical (unpaired) electrons. The molecule has 190 valence electrons. The first-order valence-corrected chi connectivity index (χ1v) is 14.1. The van der Waals surface area contributed by atoms with Crippen molar-refractivity contribution in [2.45, 2.75) is 65.2 Å². The summed E-state index contributed by atoms with van der Waals surface area (Å²) in [4.78, 5) is 29.0. The van der Waals surface area contributed by atoms with Crippen molar-refractivity contribution in [3.8, 4) is 20.9 Å². The molecule has 2 aromatic carbocycles. The highest BCUT2D eigenvalue weighted by Crippen LogP contribution is 2.35. The molecular weight excluding hydrogens is 466 g/mol. The highest BCUT2D eigenvalue weighted by Gasteiger charge is 2.11. The number of nitrogens with one attached hydrogen (secondary N) is 2. The largest absolute Gasteiger partial charge is 0.372 e. The van der Waals surface area contributed by atoms with Crippen LogP contribution in [0.3, 0.4) is 0 Å². The summed E-state index contributed by atoms with van der Waals surface area (Å²) in [6.45, 7) is 6.77. The van der Waals surface area contributed by atoms with Gasteiger partial charge in [-0.05, 0) is 60.4 Å². The van der Waals surface area contributed by atoms with Gasteiger partial charge in [0, 0.05) is 28.5 Å². The Labute approximate surface area is 217 Å². The molecule has 0 saturated carbocycles. The van der Waals surface area contributed by atoms with Crippen molar-refractivity contribution < 1.29 is 0 Å². The summed E-state index contributed by atoms with van der Waals surface area (Å²) in [5.41, 5.74) is 2.88. The Balaban J connectivity index is 1.50. The molecule has 0 aliphatic carbocycles. The molecule has 2 N–H and O–H groups in total. The van der Waals surface area contributed by atoms with E-state index < -0.39 is 0 Å². The monoisotopic (exact) mass is 503 g/mol. The van der Waals surface area contributed by atoms with Crippen molar-refractivity contribution >= 4 is 27.8 Å². The van der Waals surface area contributed by atoms with E-state index in [1.54, 1.807) is 23.5 Å². The molecule has 5 nitrogen and oxygen atoms in total. The fourth-order valence-corrected chi connectivity index (χ4v) is 5.65. The van der Waals surface area contributed by atoms with Gasteiger partial charge >= 0.3 is 0 Å². The zero-order valence-electron chi connectivity index (χ0n) is 21.4. The van der Waals surface area contributed by atoms with E-state index in [9.17, 15) is 9.59 Å². The van der Waals surface area contributed by atoms with Gasteiger partial charge in [-0.15, -0.1) is 11.3 Å². The van der Waals surface area contributed by atoms with E-state index in [0.29, 0.717) is 10.8 Å². The van der Waals surface area contributed by atoms with Gasteiger partial charge in [-0.1, -0.05) is 70.6 Å². The average molecular weight is 504 g/mol. The van der Waals surface area contributed by atoms with Crippen LogP contribution in [0.2, 0.25) is 0 Å². The van der Waals surface area contributed by atoms with Crippen LogP contribution < -0.4 is 16.0 Å². The third kappa shape index (κ3) is 6.35. The molecule has 2 aromatic heterocycles. The topological polar surface area (TPSA) is 69.0 Å². The molecule has 0 atom stereocenters. The number of anilines is 1. The van der Waals surface area contributed by atoms with Crippen LogP contribution in [0.25, 0.3) is 31.7 Å². The molecule has 6 heteroatoms. The molecule has 0 spiro atoms. The average Bonchev–Trinajstić information content (AvgIpc) is 3.40. The Bertz CT molecular complexity index is 1360. The second-order valence-corrected chi connectivity index (χ2v) is 10.6. The third-order valence-corrected chi connectivity index (χ3v) is 7.95. The number of aromatic amines is 2. The smallest absolute Gasteiger partial charge is 0.270 e. The zero-order valence-corrected chi connectivity index (χ0v) is 22.3. The maximum atomic E-state index is 12.2. The molecule has 0 saturated heterocycles. The summed E-state index contributed by atoms with van der Waals surface area (Å²) in [5.74, 6) is 0. The first kappa shape index (κ1) is 26.0. The Kier molecular flexibility index (Phi) is 9.17. The van der Waals surface area contributed by atoms with Gasteiger partial charge in [0.2, 0.25) is 0 Å². The van der Waals surface area contributed by atoms with Crippen molar-refractivity contribution in [1.29, 1.82) is 0 Å². The second kappa shape index (κ2) is 12.7. The van der Waals surface area contributed by atoms with E-state index >= 15 is 0 Å². The summed E-state index contributed by atoms with van der Waals surface area (Å²) in [6.07, 6.45) is 10.2. The number of benzene rings is 2. The summed E-state index contributed by atoms with van der Waals surface area (Å²) in [6, 6.07) is 18.6. The highest BCUT2D eigenvalue weighted by atomic mass is 32.1. The molecule has 0 amide bonds. The predicted octanol–water partition coefficient (Wildman–Crippen LogP) is 7.58. The molecule has 4 aromatic rings. The summed E-state index contributed by atoms with van der Waals surface area (Å²) >= 11 is 1.70. The van der Waals surface area contributed by atoms with Gasteiger partial charge in [0.1, 0.15) is 0 Å². The van der Waals surface area contributed by atoms with Crippen LogP contribution in [0.15, 0.2) is 64.2 Å². The summed E-state index contributed by atoms with van der Waals surface area (Å²) < 4.78 is 0. The van der Waals surface area contributed by atoms with Crippen molar-refractivity contribution in [2.24, 2.45) is 0 Å². The number of H-pyrrole nitrogens is 2. The third-order valence-electron chi connectivity index (χ3n) is 6.77. The fraction of sp³-hybridized carbons (Fsp3) is 0.400. The molecular formula is C30H37N3O2S. The van der Waals surface area contributed by atoms with Crippen LogP contribution in [0, 0.1) is 0 Å². The number of unbranched alkanes of at least 4 members (excludes halogenated alkanes) is 6. The van der Waals surface area contributed by atoms with E-state index in [1.165, 1.54) is 67.5 Å². The minimum atomic E-state index is -0.284. The van der Waals surface area contributed by atoms with Gasteiger partial charge in [-0.2, -0.15) is 0 Å². The van der Waals surface area contributed by atoms with Crippen LogP contribution >= 0.6 is 11.3 Å². The SMILES string of the molecule is CCCCCCN(CCCCCC)c1ccc(-c2ccc(-c3ccc4c(=O)[nH][nH]c(=O)c4c3)s2)cc1. The highest BCUT2D eigenvalue weighted by molar-refractivity contribution is 7.18. The van der Waals surface area contributed by atoms with E-state index in [2.05, 4.69) is 65.3 Å². The maximum absolute atomic E-state index is 12.2. The number of thiophene rings is 1. The zero-order chi connectivity index (χ0) is 25.3. The molecule has 0 unspecified atom stereocenters. The lowest BCUT2D eigenvalue weighted by Crippen LogP contribution is -2.25. The molecule has 0 aliphatic rings. The number of hydrogen-bond donors (Lipinski definition) is 2. The Morgan fingerprint density at radius 2 is 1.19 bits per heavy atom. The van der Waals surface area contributed by atoms with E-state index in [-0.39, 0.29) is 11.1 Å². The fourth-order valence-electron chi connectivity index (χ4n) is 4.65. The lowest BCUT2D eigenvalue weighted by atomic mass is 10.1. The van der Waals surface area contributed by atoms with Gasteiger partial charge in [0.15, 0.2) is 0 Å². The first-order valence-electron chi connectivity index (χ1n) is 13.3. The number of hydrogen-bond acceptors (Lipinski definition) is 4. The second-order valence-electron chi connectivity index (χ2n) is 9.49. The van der Waals surface area contributed by atoms with Crippen LogP contribution in [-0.2, 0) is 0 Å². The normalized spacial score (nSPS) is 11.3. The minimum Gasteiger partial charge on any atom is -0.372 e. The molecule has 36 heavy (non-hydrogen) atoms. The standard InChI is InChI=1S/C30H37N3O2S/c1-3-5-7-9-19-33(20-10-8-6-4-2)24-14-11-22(12-15-24)27-17-18-28(36-27)23-13-16-25-26(21-23)30(35)32-31-29(25)34/h11-18,21H,3-10,19-20H2,1-2H3,(H,31,34)(H,32,35). The van der Waals surface area contributed by atoms with Gasteiger partial charge in [-0.25, -0.2) is 0 Å². The number of aromatic nitrogens is 2. The molecule has 0 aliphatic heterocycles. The van der Waals surface area contributed by atoms with Gasteiger partial charge in [-0.3, -0.25) is 19.8 Å². The number of fused-ring (bicyclic) bond motifs is 1. The van der Waals surface area contributed by atoms with E-state index in [1.807, 2.05) is 6.07 Å². The van der Waals surface area contributed by atoms with Crippen LogP contribution in [0.4, 0.5) is 5.69 Å². The molecule has 0 bridgehead atoms. The maximum Gasteiger partial charge on any atom is 0.270 e. The van der Waals surface area contributed by atoms with Crippen molar-refractivity contribution in [3.05, 3.63) is 75.3 Å². The Morgan fingerprint density at radius 1 is 0.639 bits per heavy atom. The van der Waals surface area contributed by atoms with Crippen LogP contribution in [0.5, 0.6) is 0 Å². The Hall–Kier alpha value is -3.12. The number of nitrogens with zero attached hydrogens (tertiary/aromatic N) is 1. The van der Waals surface area contributed by atoms with Gasteiger partial charge in [0.25, 0.3) is 11.1 Å². The molecule has 4 rings (SSSR count). The van der Waals surface area contributed by atoms with Crippen molar-refractivity contribution in [3.63, 3.8) is 0 Å². The minimum absolute atomic E-state index is 0.284. The molecule has 0 fully saturated rings. The number of rotatable bonds is 13. The molecule has 2 heterocycles. The van der Waals surface area contributed by atoms with E-state index in [0.717, 1.165) is 23.5 Å². The van der Waals surface area contributed by atoms with Gasteiger partial charge < -0.3 is 4.90 Å². The quantitative estimate of drug-likeness (QED) is 0.185. The Morgan fingerprint density at radius 3 is 1.81 bits per heavy atom. The van der Waals surface area contributed by atoms with E-state index in [4.69, 9.17) is 0 Å². The van der Waals surface area contributed by atoms with Gasteiger partial charge in [0.05, 0.1) is 10.8 Å². The summed E-state index contributed by atoms with van der Waals surface area (Å²) in [5, 5.41) is 5.61. The summed E-state index contributed by atoms with van der Waals surface area (Å²) in [7, 11) is 0. The lowest BCUT2D eigenvalue weighted by Gasteiger charge is -2.25.